The van der Waals surface area contributed by atoms with Gasteiger partial charge >= 0.3 is 0 Å². The average molecular weight is 283 g/mol. The lowest BCUT2D eigenvalue weighted by Crippen LogP contribution is -2.33. The van der Waals surface area contributed by atoms with Gasteiger partial charge < -0.3 is 5.73 Å². The number of benzene rings is 1. The number of non-ortho nitro benzene ring substituents is 1. The van der Waals surface area contributed by atoms with Crippen molar-refractivity contribution in [2.45, 2.75) is 10.9 Å². The van der Waals surface area contributed by atoms with E-state index in [1.165, 1.54) is 28.6 Å². The molecule has 3 rings (SSSR count). The molecule has 1 aromatic rings. The second-order valence-electron chi connectivity index (χ2n) is 4.98. The molecule has 0 spiro atoms. The SMILES string of the molecule is NC1[C@@H]2CN(S(=O)(=O)c3ccc([N+](=O)[O-])cc3)C[C@@H]12. The Hall–Kier alpha value is -1.51. The van der Waals surface area contributed by atoms with Gasteiger partial charge in [0.1, 0.15) is 0 Å². The highest BCUT2D eigenvalue weighted by Gasteiger charge is 2.56. The normalized spacial score (nSPS) is 30.1. The number of fused-ring (bicyclic) bond motifs is 1. The van der Waals surface area contributed by atoms with E-state index >= 15 is 0 Å². The first-order valence-corrected chi connectivity index (χ1v) is 7.35. The van der Waals surface area contributed by atoms with Crippen molar-refractivity contribution in [2.24, 2.45) is 17.6 Å². The highest BCUT2D eigenvalue weighted by atomic mass is 32.2. The molecule has 2 N–H and O–H groups in total. The zero-order valence-corrected chi connectivity index (χ0v) is 10.8. The Morgan fingerprint density at radius 2 is 1.74 bits per heavy atom. The van der Waals surface area contributed by atoms with Crippen LogP contribution in [0.5, 0.6) is 0 Å². The smallest absolute Gasteiger partial charge is 0.269 e. The molecule has 2 atom stereocenters. The minimum absolute atomic E-state index is 0.0907. The molecule has 2 fully saturated rings. The summed E-state index contributed by atoms with van der Waals surface area (Å²) in [6, 6.07) is 5.09. The molecule has 1 aromatic carbocycles. The molecule has 1 aliphatic carbocycles. The van der Waals surface area contributed by atoms with Gasteiger partial charge in [-0.25, -0.2) is 8.42 Å². The Labute approximate surface area is 110 Å². The summed E-state index contributed by atoms with van der Waals surface area (Å²) < 4.78 is 26.0. The summed E-state index contributed by atoms with van der Waals surface area (Å²) in [6.07, 6.45) is 0. The Kier molecular flexibility index (Phi) is 2.63. The Balaban J connectivity index is 1.83. The highest BCUT2D eigenvalue weighted by molar-refractivity contribution is 7.89. The van der Waals surface area contributed by atoms with Crippen molar-refractivity contribution >= 4 is 15.7 Å². The molecule has 0 bridgehead atoms. The average Bonchev–Trinajstić information content (AvgIpc) is 2.80. The lowest BCUT2D eigenvalue weighted by atomic mass is 10.3. The molecule has 1 aliphatic heterocycles. The van der Waals surface area contributed by atoms with Gasteiger partial charge in [0, 0.05) is 31.3 Å². The van der Waals surface area contributed by atoms with E-state index in [0.717, 1.165) is 0 Å². The molecule has 0 aromatic heterocycles. The number of hydrogen-bond donors (Lipinski definition) is 1. The van der Waals surface area contributed by atoms with Crippen molar-refractivity contribution in [3.63, 3.8) is 0 Å². The van der Waals surface area contributed by atoms with Crippen LogP contribution in [0.2, 0.25) is 0 Å². The highest BCUT2D eigenvalue weighted by Crippen LogP contribution is 2.45. The van der Waals surface area contributed by atoms with Crippen LogP contribution in [-0.2, 0) is 10.0 Å². The van der Waals surface area contributed by atoms with Crippen molar-refractivity contribution in [3.05, 3.63) is 34.4 Å². The summed E-state index contributed by atoms with van der Waals surface area (Å²) in [5.41, 5.74) is 5.65. The minimum atomic E-state index is -3.55. The van der Waals surface area contributed by atoms with Gasteiger partial charge in [0.05, 0.1) is 9.82 Å². The van der Waals surface area contributed by atoms with E-state index < -0.39 is 14.9 Å². The number of nitro benzene ring substituents is 1. The van der Waals surface area contributed by atoms with Crippen molar-refractivity contribution in [1.82, 2.24) is 4.31 Å². The second kappa shape index (κ2) is 3.99. The van der Waals surface area contributed by atoms with Crippen LogP contribution in [0.4, 0.5) is 5.69 Å². The number of sulfonamides is 1. The predicted octanol–water partition coefficient (Wildman–Crippen LogP) is 0.172. The summed E-state index contributed by atoms with van der Waals surface area (Å²) in [5, 5.41) is 10.5. The summed E-state index contributed by atoms with van der Waals surface area (Å²) >= 11 is 0. The number of nitrogens with two attached hydrogens (primary N) is 1. The molecule has 1 saturated carbocycles. The van der Waals surface area contributed by atoms with Crippen LogP contribution in [0.25, 0.3) is 0 Å². The van der Waals surface area contributed by atoms with E-state index in [1.54, 1.807) is 0 Å². The van der Waals surface area contributed by atoms with Crippen LogP contribution in [0.3, 0.4) is 0 Å². The third-order valence-corrected chi connectivity index (χ3v) is 5.76. The summed E-state index contributed by atoms with van der Waals surface area (Å²) in [6.45, 7) is 0.899. The van der Waals surface area contributed by atoms with E-state index in [4.69, 9.17) is 5.73 Å². The van der Waals surface area contributed by atoms with Crippen LogP contribution in [-0.4, -0.2) is 36.8 Å². The Bertz CT molecular complexity index is 616. The lowest BCUT2D eigenvalue weighted by Gasteiger charge is -2.18. The molecule has 0 radical (unpaired) electrons. The maximum absolute atomic E-state index is 12.3. The van der Waals surface area contributed by atoms with E-state index in [0.29, 0.717) is 13.1 Å². The van der Waals surface area contributed by atoms with Crippen LogP contribution in [0.1, 0.15) is 0 Å². The van der Waals surface area contributed by atoms with E-state index in [1.807, 2.05) is 0 Å². The van der Waals surface area contributed by atoms with E-state index in [-0.39, 0.29) is 28.5 Å². The maximum atomic E-state index is 12.3. The van der Waals surface area contributed by atoms with Gasteiger partial charge in [-0.3, -0.25) is 10.1 Å². The zero-order chi connectivity index (χ0) is 13.8. The molecule has 1 heterocycles. The van der Waals surface area contributed by atoms with Crippen molar-refractivity contribution < 1.29 is 13.3 Å². The third-order valence-electron chi connectivity index (χ3n) is 3.91. The van der Waals surface area contributed by atoms with Gasteiger partial charge in [-0.2, -0.15) is 4.31 Å². The monoisotopic (exact) mass is 283 g/mol. The first kappa shape index (κ1) is 12.5. The maximum Gasteiger partial charge on any atom is 0.269 e. The summed E-state index contributed by atoms with van der Waals surface area (Å²) in [7, 11) is -3.55. The molecule has 19 heavy (non-hydrogen) atoms. The summed E-state index contributed by atoms with van der Waals surface area (Å²) in [4.78, 5) is 10.1. The first-order valence-electron chi connectivity index (χ1n) is 5.91. The molecule has 2 aliphatic rings. The molecule has 0 unspecified atom stereocenters. The fraction of sp³-hybridized carbons (Fsp3) is 0.455. The van der Waals surface area contributed by atoms with Gasteiger partial charge in [0.2, 0.25) is 10.0 Å². The minimum Gasteiger partial charge on any atom is -0.327 e. The van der Waals surface area contributed by atoms with Gasteiger partial charge in [0.15, 0.2) is 0 Å². The quantitative estimate of drug-likeness (QED) is 0.628. The van der Waals surface area contributed by atoms with Crippen molar-refractivity contribution in [3.8, 4) is 0 Å². The van der Waals surface area contributed by atoms with Crippen molar-refractivity contribution in [2.75, 3.05) is 13.1 Å². The fourth-order valence-corrected chi connectivity index (χ4v) is 4.13. The van der Waals surface area contributed by atoms with Crippen molar-refractivity contribution in [1.29, 1.82) is 0 Å². The van der Waals surface area contributed by atoms with Gasteiger partial charge in [-0.05, 0) is 24.0 Å². The molecule has 102 valence electrons. The van der Waals surface area contributed by atoms with Gasteiger partial charge in [-0.1, -0.05) is 0 Å². The van der Waals surface area contributed by atoms with Crippen LogP contribution >= 0.6 is 0 Å². The van der Waals surface area contributed by atoms with Gasteiger partial charge in [-0.15, -0.1) is 0 Å². The Morgan fingerprint density at radius 1 is 1.21 bits per heavy atom. The molecular weight excluding hydrogens is 270 g/mol. The van der Waals surface area contributed by atoms with Crippen LogP contribution in [0.15, 0.2) is 29.2 Å². The number of piperidine rings is 1. The number of nitro groups is 1. The lowest BCUT2D eigenvalue weighted by molar-refractivity contribution is -0.384. The topological polar surface area (TPSA) is 107 Å². The second-order valence-corrected chi connectivity index (χ2v) is 6.92. The molecule has 1 saturated heterocycles. The molecule has 8 heteroatoms. The fourth-order valence-electron chi connectivity index (χ4n) is 2.62. The molecule has 0 amide bonds. The predicted molar refractivity (Wildman–Crippen MR) is 66.8 cm³/mol. The zero-order valence-electron chi connectivity index (χ0n) is 9.97. The number of nitrogens with zero attached hydrogens (tertiary/aromatic N) is 2. The molecular formula is C11H13N3O4S. The van der Waals surface area contributed by atoms with E-state index in [2.05, 4.69) is 0 Å². The van der Waals surface area contributed by atoms with E-state index in [9.17, 15) is 18.5 Å². The van der Waals surface area contributed by atoms with Crippen LogP contribution in [0, 0.1) is 22.0 Å². The first-order chi connectivity index (χ1) is 8.91. The third kappa shape index (κ3) is 1.92. The largest absolute Gasteiger partial charge is 0.327 e. The standard InChI is InChI=1S/C11H13N3O4S/c12-11-9-5-13(6-10(9)11)19(17,18)8-3-1-7(2-4-8)14(15)16/h1-4,9-11H,5-6,12H2/t9-,10-/m1/s1. The number of rotatable bonds is 3. The number of hydrogen-bond acceptors (Lipinski definition) is 5. The Morgan fingerprint density at radius 3 is 2.21 bits per heavy atom. The van der Waals surface area contributed by atoms with Crippen LogP contribution < -0.4 is 5.73 Å². The summed E-state index contributed by atoms with van der Waals surface area (Å²) in [5.74, 6) is 0.542. The molecule has 7 nitrogen and oxygen atoms in total. The van der Waals surface area contributed by atoms with Gasteiger partial charge in [0.25, 0.3) is 5.69 Å².